The van der Waals surface area contributed by atoms with Crippen molar-refractivity contribution in [3.63, 3.8) is 0 Å². The second-order valence-electron chi connectivity index (χ2n) is 16.5. The van der Waals surface area contributed by atoms with Crippen LogP contribution in [0.25, 0.3) is 87.7 Å². The minimum absolute atomic E-state index is 0.901. The van der Waals surface area contributed by atoms with Gasteiger partial charge in [0, 0.05) is 79.6 Å². The number of fused-ring (bicyclic) bond motifs is 10. The monoisotopic (exact) mass is 772 g/mol. The van der Waals surface area contributed by atoms with Gasteiger partial charge in [0.2, 0.25) is 0 Å². The van der Waals surface area contributed by atoms with Crippen molar-refractivity contribution in [1.82, 2.24) is 0 Å². The Bertz CT molecular complexity index is 3300. The molecule has 0 saturated heterocycles. The Morgan fingerprint density at radius 2 is 0.783 bits per heavy atom. The standard InChI is InChI=1S/C56H40N2O2/c1-5-23-49-35(13-1)15-11-31-57(49)37-27-29-41-47(33-37)53(45-21-9-19-43-39-17-3-7-25-51(39)59-55(43)45)42-30-28-38(58-32-12-16-36-14-2-6-24-50(36)58)34-48(42)54(41)46-22-10-20-44-40-18-4-8-26-52(40)60-56(44)46/h1-10,13-14,17-30,33-34H,11-12,15-16,31-32H2. The molecular weight excluding hydrogens is 733 g/mol. The quantitative estimate of drug-likeness (QED) is 0.167. The number of benzene rings is 9. The molecule has 60 heavy (non-hydrogen) atoms. The summed E-state index contributed by atoms with van der Waals surface area (Å²) in [4.78, 5) is 5.04. The smallest absolute Gasteiger partial charge is 0.143 e. The summed E-state index contributed by atoms with van der Waals surface area (Å²) in [6.45, 7) is 1.94. The van der Waals surface area contributed by atoms with Crippen molar-refractivity contribution in [3.8, 4) is 22.3 Å². The Hall–Kier alpha value is -7.30. The minimum Gasteiger partial charge on any atom is -0.455 e. The first-order valence-corrected chi connectivity index (χ1v) is 21.3. The van der Waals surface area contributed by atoms with Crippen LogP contribution in [0.15, 0.2) is 179 Å². The molecule has 4 heterocycles. The molecule has 11 aromatic rings. The van der Waals surface area contributed by atoms with Gasteiger partial charge >= 0.3 is 0 Å². The summed E-state index contributed by atoms with van der Waals surface area (Å²) in [6.07, 6.45) is 4.42. The molecule has 0 N–H and O–H groups in total. The maximum absolute atomic E-state index is 6.86. The van der Waals surface area contributed by atoms with Crippen molar-refractivity contribution in [2.75, 3.05) is 22.9 Å². The number of hydrogen-bond donors (Lipinski definition) is 0. The molecule has 286 valence electrons. The highest BCUT2D eigenvalue weighted by Gasteiger charge is 2.26. The van der Waals surface area contributed by atoms with E-state index in [1.54, 1.807) is 0 Å². The van der Waals surface area contributed by atoms with Gasteiger partial charge in [-0.3, -0.25) is 0 Å². The highest BCUT2D eigenvalue weighted by molar-refractivity contribution is 6.27. The lowest BCUT2D eigenvalue weighted by Gasteiger charge is -2.32. The van der Waals surface area contributed by atoms with Gasteiger partial charge in [0.25, 0.3) is 0 Å². The van der Waals surface area contributed by atoms with Crippen LogP contribution in [0.1, 0.15) is 24.0 Å². The van der Waals surface area contributed by atoms with Gasteiger partial charge in [-0.1, -0.05) is 121 Å². The van der Waals surface area contributed by atoms with E-state index in [2.05, 4.69) is 180 Å². The molecule has 4 nitrogen and oxygen atoms in total. The van der Waals surface area contributed by atoms with Crippen LogP contribution in [0.5, 0.6) is 0 Å². The lowest BCUT2D eigenvalue weighted by Crippen LogP contribution is -2.24. The summed E-state index contributed by atoms with van der Waals surface area (Å²) in [7, 11) is 0. The predicted molar refractivity (Wildman–Crippen MR) is 250 cm³/mol. The number of para-hydroxylation sites is 6. The van der Waals surface area contributed by atoms with Crippen LogP contribution in [-0.2, 0) is 12.8 Å². The van der Waals surface area contributed by atoms with E-state index in [0.29, 0.717) is 0 Å². The van der Waals surface area contributed by atoms with Gasteiger partial charge in [-0.05, 0) is 107 Å². The normalized spacial score (nSPS) is 14.2. The number of furan rings is 2. The van der Waals surface area contributed by atoms with E-state index < -0.39 is 0 Å². The lowest BCUT2D eigenvalue weighted by atomic mass is 9.84. The van der Waals surface area contributed by atoms with Crippen LogP contribution in [0.4, 0.5) is 22.7 Å². The summed E-state index contributed by atoms with van der Waals surface area (Å²) in [5, 5.41) is 9.27. The molecule has 0 atom stereocenters. The zero-order chi connectivity index (χ0) is 39.3. The van der Waals surface area contributed by atoms with Crippen LogP contribution in [0, 0.1) is 0 Å². The van der Waals surface area contributed by atoms with E-state index in [4.69, 9.17) is 8.83 Å². The van der Waals surface area contributed by atoms with Gasteiger partial charge in [-0.2, -0.15) is 0 Å². The van der Waals surface area contributed by atoms with Crippen molar-refractivity contribution >= 4 is 88.2 Å². The van der Waals surface area contributed by atoms with E-state index in [1.807, 2.05) is 0 Å². The predicted octanol–water partition coefficient (Wildman–Crippen LogP) is 15.3. The first-order chi connectivity index (χ1) is 29.8. The second-order valence-corrected chi connectivity index (χ2v) is 16.5. The van der Waals surface area contributed by atoms with Gasteiger partial charge in [0.05, 0.1) is 0 Å². The summed E-state index contributed by atoms with van der Waals surface area (Å²) >= 11 is 0. The number of aryl methyl sites for hydroxylation is 2. The molecule has 13 rings (SSSR count). The molecule has 2 aliphatic rings. The van der Waals surface area contributed by atoms with E-state index in [-0.39, 0.29) is 0 Å². The summed E-state index contributed by atoms with van der Waals surface area (Å²) in [5.41, 5.74) is 16.0. The molecule has 0 spiro atoms. The number of rotatable bonds is 4. The fourth-order valence-electron chi connectivity index (χ4n) is 10.6. The van der Waals surface area contributed by atoms with Crippen molar-refractivity contribution in [2.24, 2.45) is 0 Å². The topological polar surface area (TPSA) is 32.8 Å². The Morgan fingerprint density at radius 1 is 0.350 bits per heavy atom. The second kappa shape index (κ2) is 13.1. The highest BCUT2D eigenvalue weighted by atomic mass is 16.3. The largest absolute Gasteiger partial charge is 0.455 e. The molecule has 0 saturated carbocycles. The number of anilines is 4. The van der Waals surface area contributed by atoms with Gasteiger partial charge in [0.15, 0.2) is 0 Å². The molecule has 0 fully saturated rings. The number of hydrogen-bond acceptors (Lipinski definition) is 4. The third-order valence-electron chi connectivity index (χ3n) is 13.3. The van der Waals surface area contributed by atoms with E-state index in [1.165, 1.54) is 66.5 Å². The summed E-state index contributed by atoms with van der Waals surface area (Å²) in [5.74, 6) is 0. The Morgan fingerprint density at radius 3 is 1.28 bits per heavy atom. The molecule has 0 amide bonds. The number of nitrogens with zero attached hydrogens (tertiary/aromatic N) is 2. The molecule has 0 radical (unpaired) electrons. The van der Waals surface area contributed by atoms with E-state index >= 15 is 0 Å². The fourth-order valence-corrected chi connectivity index (χ4v) is 10.6. The highest BCUT2D eigenvalue weighted by Crippen LogP contribution is 2.51. The van der Waals surface area contributed by atoms with Crippen molar-refractivity contribution in [1.29, 1.82) is 0 Å². The zero-order valence-electron chi connectivity index (χ0n) is 33.1. The van der Waals surface area contributed by atoms with Crippen LogP contribution in [0.2, 0.25) is 0 Å². The van der Waals surface area contributed by atoms with Crippen LogP contribution in [0.3, 0.4) is 0 Å². The molecule has 4 heteroatoms. The first-order valence-electron chi connectivity index (χ1n) is 21.3. The third kappa shape index (κ3) is 4.97. The van der Waals surface area contributed by atoms with Gasteiger partial charge in [-0.25, -0.2) is 0 Å². The molecule has 2 aromatic heterocycles. The van der Waals surface area contributed by atoms with Gasteiger partial charge in [-0.15, -0.1) is 0 Å². The molecular formula is C56H40N2O2. The maximum Gasteiger partial charge on any atom is 0.143 e. The first kappa shape index (κ1) is 33.6. The SMILES string of the molecule is c1ccc2c(c1)CCCN2c1ccc2c(-c3cccc4c3oc3ccccc34)c3cc(N4CCCc5ccccc54)ccc3c(-c3cccc4c3oc3ccccc34)c2c1. The Labute approximate surface area is 347 Å². The van der Waals surface area contributed by atoms with Crippen molar-refractivity contribution in [2.45, 2.75) is 25.7 Å². The lowest BCUT2D eigenvalue weighted by molar-refractivity contribution is 0.669. The van der Waals surface area contributed by atoms with Crippen LogP contribution in [-0.4, -0.2) is 13.1 Å². The minimum atomic E-state index is 0.901. The average molecular weight is 773 g/mol. The summed E-state index contributed by atoms with van der Waals surface area (Å²) in [6, 6.07) is 62.3. The molecule has 0 aliphatic carbocycles. The van der Waals surface area contributed by atoms with Crippen LogP contribution < -0.4 is 9.80 Å². The van der Waals surface area contributed by atoms with Crippen molar-refractivity contribution in [3.05, 3.63) is 181 Å². The average Bonchev–Trinajstić information content (AvgIpc) is 3.89. The molecule has 9 aromatic carbocycles. The molecule has 0 bridgehead atoms. The third-order valence-corrected chi connectivity index (χ3v) is 13.3. The van der Waals surface area contributed by atoms with Gasteiger partial charge in [0.1, 0.15) is 22.3 Å². The van der Waals surface area contributed by atoms with Gasteiger partial charge < -0.3 is 18.6 Å². The fraction of sp³-hybridized carbons (Fsp3) is 0.107. The van der Waals surface area contributed by atoms with E-state index in [9.17, 15) is 0 Å². The van der Waals surface area contributed by atoms with E-state index in [0.717, 1.165) is 93.8 Å². The van der Waals surface area contributed by atoms with Crippen LogP contribution >= 0.6 is 0 Å². The molecule has 0 unspecified atom stereocenters. The maximum atomic E-state index is 6.86. The zero-order valence-corrected chi connectivity index (χ0v) is 33.1. The Kier molecular flexibility index (Phi) is 7.35. The van der Waals surface area contributed by atoms with Crippen molar-refractivity contribution < 1.29 is 8.83 Å². The molecule has 2 aliphatic heterocycles. The Balaban J connectivity index is 1.18. The summed E-state index contributed by atoms with van der Waals surface area (Å²) < 4.78 is 13.7.